The van der Waals surface area contributed by atoms with E-state index in [9.17, 15) is 0 Å². The molecule has 18 heavy (non-hydrogen) atoms. The Labute approximate surface area is 105 Å². The van der Waals surface area contributed by atoms with E-state index in [4.69, 9.17) is 0 Å². The third kappa shape index (κ3) is 1.86. The van der Waals surface area contributed by atoms with Gasteiger partial charge in [0.05, 0.1) is 17.5 Å². The molecule has 1 aromatic carbocycles. The molecule has 0 saturated heterocycles. The summed E-state index contributed by atoms with van der Waals surface area (Å²) in [5.74, 6) is 0. The van der Waals surface area contributed by atoms with E-state index in [1.165, 1.54) is 0 Å². The number of aromatic nitrogens is 4. The first kappa shape index (κ1) is 10.9. The van der Waals surface area contributed by atoms with Gasteiger partial charge in [-0.05, 0) is 24.6 Å². The quantitative estimate of drug-likeness (QED) is 0.704. The predicted octanol–water partition coefficient (Wildman–Crippen LogP) is 2.77. The summed E-state index contributed by atoms with van der Waals surface area (Å²) in [6, 6.07) is 6.24. The highest BCUT2D eigenvalue weighted by atomic mass is 15.0. The number of benzene rings is 1. The van der Waals surface area contributed by atoms with Crippen LogP contribution in [0.4, 0.5) is 0 Å². The van der Waals surface area contributed by atoms with Gasteiger partial charge in [0.25, 0.3) is 0 Å². The summed E-state index contributed by atoms with van der Waals surface area (Å²) in [5, 5.41) is 1.14. The second-order valence-corrected chi connectivity index (χ2v) is 4.24. The molecule has 0 spiro atoms. The fraction of sp³-hybridized carbons (Fsp3) is 0.214. The van der Waals surface area contributed by atoms with Gasteiger partial charge in [-0.15, -0.1) is 0 Å². The van der Waals surface area contributed by atoms with Crippen LogP contribution in [0, 0.1) is 0 Å². The molecule has 3 aromatic rings. The van der Waals surface area contributed by atoms with Crippen LogP contribution in [-0.2, 0) is 6.42 Å². The van der Waals surface area contributed by atoms with Crippen LogP contribution in [-0.4, -0.2) is 19.5 Å². The Balaban J connectivity index is 2.13. The van der Waals surface area contributed by atoms with Crippen molar-refractivity contribution >= 4 is 10.9 Å². The van der Waals surface area contributed by atoms with Gasteiger partial charge in [-0.25, -0.2) is 15.0 Å². The Morgan fingerprint density at radius 2 is 2.17 bits per heavy atom. The van der Waals surface area contributed by atoms with Crippen molar-refractivity contribution in [3.63, 3.8) is 0 Å². The van der Waals surface area contributed by atoms with Gasteiger partial charge < -0.3 is 4.57 Å². The number of fused-ring (bicyclic) bond motifs is 1. The summed E-state index contributed by atoms with van der Waals surface area (Å²) in [6.45, 7) is 2.16. The highest BCUT2D eigenvalue weighted by molar-refractivity contribution is 5.82. The van der Waals surface area contributed by atoms with Crippen molar-refractivity contribution in [2.45, 2.75) is 19.8 Å². The molecule has 3 rings (SSSR count). The van der Waals surface area contributed by atoms with Gasteiger partial charge in [-0.1, -0.05) is 13.3 Å². The van der Waals surface area contributed by atoms with Crippen molar-refractivity contribution in [1.82, 2.24) is 19.5 Å². The van der Waals surface area contributed by atoms with Crippen LogP contribution in [0.15, 0.2) is 43.2 Å². The fourth-order valence-electron chi connectivity index (χ4n) is 2.11. The first-order valence-electron chi connectivity index (χ1n) is 6.10. The molecule has 0 amide bonds. The average molecular weight is 238 g/mol. The second-order valence-electron chi connectivity index (χ2n) is 4.24. The van der Waals surface area contributed by atoms with Gasteiger partial charge in [-0.3, -0.25) is 0 Å². The first-order valence-corrected chi connectivity index (χ1v) is 6.10. The van der Waals surface area contributed by atoms with E-state index in [1.807, 2.05) is 10.8 Å². The number of imidazole rings is 1. The molecular weight excluding hydrogens is 224 g/mol. The Bertz CT molecular complexity index is 659. The van der Waals surface area contributed by atoms with Crippen molar-refractivity contribution < 1.29 is 0 Å². The van der Waals surface area contributed by atoms with E-state index in [0.29, 0.717) is 0 Å². The molecule has 2 aromatic heterocycles. The zero-order valence-corrected chi connectivity index (χ0v) is 10.2. The lowest BCUT2D eigenvalue weighted by molar-refractivity contribution is 0.886. The molecular formula is C14H14N4. The second kappa shape index (κ2) is 4.56. The van der Waals surface area contributed by atoms with Crippen molar-refractivity contribution in [1.29, 1.82) is 0 Å². The van der Waals surface area contributed by atoms with Crippen LogP contribution in [0.25, 0.3) is 16.6 Å². The predicted molar refractivity (Wildman–Crippen MR) is 70.7 cm³/mol. The van der Waals surface area contributed by atoms with E-state index in [1.54, 1.807) is 18.9 Å². The van der Waals surface area contributed by atoms with E-state index in [2.05, 4.69) is 40.1 Å². The molecule has 0 unspecified atom stereocenters. The molecule has 0 saturated carbocycles. The zero-order valence-electron chi connectivity index (χ0n) is 10.2. The molecule has 4 heteroatoms. The molecule has 0 bridgehead atoms. The normalized spacial score (nSPS) is 10.9. The van der Waals surface area contributed by atoms with Crippen LogP contribution in [0.1, 0.15) is 19.0 Å². The molecule has 0 aliphatic heterocycles. The zero-order chi connectivity index (χ0) is 12.4. The van der Waals surface area contributed by atoms with Crippen LogP contribution in [0.5, 0.6) is 0 Å². The number of nitrogens with zero attached hydrogens (tertiary/aromatic N) is 4. The lowest BCUT2D eigenvalue weighted by Crippen LogP contribution is -1.95. The molecule has 0 fully saturated rings. The van der Waals surface area contributed by atoms with Gasteiger partial charge >= 0.3 is 0 Å². The van der Waals surface area contributed by atoms with Crippen LogP contribution in [0.2, 0.25) is 0 Å². The smallest absolute Gasteiger partial charge is 0.116 e. The monoisotopic (exact) mass is 238 g/mol. The molecule has 4 nitrogen and oxygen atoms in total. The van der Waals surface area contributed by atoms with Gasteiger partial charge in [0, 0.05) is 23.5 Å². The van der Waals surface area contributed by atoms with E-state index >= 15 is 0 Å². The largest absolute Gasteiger partial charge is 0.306 e. The van der Waals surface area contributed by atoms with E-state index < -0.39 is 0 Å². The maximum atomic E-state index is 4.36. The summed E-state index contributed by atoms with van der Waals surface area (Å²) >= 11 is 0. The molecule has 0 aliphatic rings. The lowest BCUT2D eigenvalue weighted by Gasteiger charge is -2.06. The Hall–Kier alpha value is -2.23. The third-order valence-corrected chi connectivity index (χ3v) is 2.99. The van der Waals surface area contributed by atoms with Gasteiger partial charge in [-0.2, -0.15) is 0 Å². The molecule has 0 aliphatic carbocycles. The van der Waals surface area contributed by atoms with Crippen molar-refractivity contribution in [2.75, 3.05) is 0 Å². The number of aryl methyl sites for hydroxylation is 1. The lowest BCUT2D eigenvalue weighted by atomic mass is 10.1. The van der Waals surface area contributed by atoms with E-state index in [0.717, 1.165) is 35.1 Å². The fourth-order valence-corrected chi connectivity index (χ4v) is 2.11. The van der Waals surface area contributed by atoms with Crippen LogP contribution >= 0.6 is 0 Å². The minimum absolute atomic E-state index is 0.986. The average Bonchev–Trinajstić information content (AvgIpc) is 2.93. The molecule has 0 radical (unpaired) electrons. The number of hydrogen-bond donors (Lipinski definition) is 0. The third-order valence-electron chi connectivity index (χ3n) is 2.99. The summed E-state index contributed by atoms with van der Waals surface area (Å²) in [5.41, 5.74) is 3.18. The van der Waals surface area contributed by atoms with Crippen molar-refractivity contribution in [2.24, 2.45) is 0 Å². The highest BCUT2D eigenvalue weighted by Gasteiger charge is 2.04. The first-order chi connectivity index (χ1) is 8.88. The SMILES string of the molecule is CCCc1ncnc2cc(-n3ccnc3)ccc12. The van der Waals surface area contributed by atoms with Gasteiger partial charge in [0.15, 0.2) is 0 Å². The standard InChI is InChI=1S/C14H14N4/c1-2-3-13-12-5-4-11(18-7-6-15-10-18)8-14(12)17-9-16-13/h4-10H,2-3H2,1H3. The minimum atomic E-state index is 0.986. The van der Waals surface area contributed by atoms with Crippen LogP contribution < -0.4 is 0 Å². The summed E-state index contributed by atoms with van der Waals surface area (Å²) < 4.78 is 1.97. The minimum Gasteiger partial charge on any atom is -0.306 e. The summed E-state index contributed by atoms with van der Waals surface area (Å²) in [6.07, 6.45) is 9.21. The maximum absolute atomic E-state index is 4.36. The molecule has 0 N–H and O–H groups in total. The molecule has 0 atom stereocenters. The molecule has 2 heterocycles. The van der Waals surface area contributed by atoms with Gasteiger partial charge in [0.2, 0.25) is 0 Å². The van der Waals surface area contributed by atoms with Crippen molar-refractivity contribution in [3.8, 4) is 5.69 Å². The Kier molecular flexibility index (Phi) is 2.76. The van der Waals surface area contributed by atoms with E-state index in [-0.39, 0.29) is 0 Å². The Morgan fingerprint density at radius 3 is 2.94 bits per heavy atom. The van der Waals surface area contributed by atoms with Crippen molar-refractivity contribution in [3.05, 3.63) is 48.9 Å². The van der Waals surface area contributed by atoms with Gasteiger partial charge in [0.1, 0.15) is 6.33 Å². The topological polar surface area (TPSA) is 43.6 Å². The number of rotatable bonds is 3. The summed E-state index contributed by atoms with van der Waals surface area (Å²) in [4.78, 5) is 12.8. The Morgan fingerprint density at radius 1 is 1.22 bits per heavy atom. The molecule has 90 valence electrons. The highest BCUT2D eigenvalue weighted by Crippen LogP contribution is 2.19. The van der Waals surface area contributed by atoms with Crippen LogP contribution in [0.3, 0.4) is 0 Å². The number of hydrogen-bond acceptors (Lipinski definition) is 3. The maximum Gasteiger partial charge on any atom is 0.116 e. The summed E-state index contributed by atoms with van der Waals surface area (Å²) in [7, 11) is 0.